The van der Waals surface area contributed by atoms with Gasteiger partial charge in [0.25, 0.3) is 0 Å². The van der Waals surface area contributed by atoms with Crippen molar-refractivity contribution in [3.05, 3.63) is 11.6 Å². The van der Waals surface area contributed by atoms with Gasteiger partial charge in [-0.15, -0.1) is 0 Å². The van der Waals surface area contributed by atoms with Gasteiger partial charge in [0, 0.05) is 12.2 Å². The lowest BCUT2D eigenvalue weighted by Crippen LogP contribution is -2.14. The Balaban J connectivity index is 3.19. The van der Waals surface area contributed by atoms with E-state index in [1.807, 2.05) is 6.92 Å². The van der Waals surface area contributed by atoms with Gasteiger partial charge in [0.15, 0.2) is 0 Å². The van der Waals surface area contributed by atoms with Crippen LogP contribution >= 0.6 is 0 Å². The third-order valence-corrected chi connectivity index (χ3v) is 2.16. The maximum absolute atomic E-state index is 11.2. The molecule has 5 heteroatoms. The summed E-state index contributed by atoms with van der Waals surface area (Å²) in [6.45, 7) is 9.02. The van der Waals surface area contributed by atoms with Gasteiger partial charge in [0.05, 0.1) is 33.0 Å². The standard InChI is InChI=1S/C13H24O5/c1-4-12(3)13(14)18-11-10-17-9-8-16-7-6-15-5-2/h4H,5-11H2,1-3H3. The second-order valence-electron chi connectivity index (χ2n) is 3.53. The zero-order valence-corrected chi connectivity index (χ0v) is 11.6. The van der Waals surface area contributed by atoms with Crippen molar-refractivity contribution in [3.63, 3.8) is 0 Å². The molecule has 0 bridgehead atoms. The molecule has 0 atom stereocenters. The molecule has 0 radical (unpaired) electrons. The summed E-state index contributed by atoms with van der Waals surface area (Å²) in [5.74, 6) is -0.297. The van der Waals surface area contributed by atoms with Crippen molar-refractivity contribution in [1.82, 2.24) is 0 Å². The zero-order chi connectivity index (χ0) is 13.6. The fourth-order valence-corrected chi connectivity index (χ4v) is 1.01. The van der Waals surface area contributed by atoms with Crippen molar-refractivity contribution in [2.75, 3.05) is 46.2 Å². The van der Waals surface area contributed by atoms with E-state index in [0.29, 0.717) is 45.2 Å². The van der Waals surface area contributed by atoms with E-state index in [1.165, 1.54) is 0 Å². The molecule has 0 unspecified atom stereocenters. The first kappa shape index (κ1) is 17.1. The van der Waals surface area contributed by atoms with E-state index in [4.69, 9.17) is 18.9 Å². The van der Waals surface area contributed by atoms with Crippen LogP contribution in [-0.2, 0) is 23.7 Å². The lowest BCUT2D eigenvalue weighted by Gasteiger charge is -2.07. The minimum Gasteiger partial charge on any atom is -0.460 e. The molecule has 0 heterocycles. The predicted molar refractivity (Wildman–Crippen MR) is 68.5 cm³/mol. The van der Waals surface area contributed by atoms with E-state index < -0.39 is 0 Å². The number of allylic oxidation sites excluding steroid dienone is 1. The van der Waals surface area contributed by atoms with Crippen LogP contribution in [0.1, 0.15) is 20.8 Å². The van der Waals surface area contributed by atoms with Crippen molar-refractivity contribution in [2.45, 2.75) is 20.8 Å². The summed E-state index contributed by atoms with van der Waals surface area (Å²) < 4.78 is 20.6. The van der Waals surface area contributed by atoms with Gasteiger partial charge in [-0.2, -0.15) is 0 Å². The maximum atomic E-state index is 11.2. The second kappa shape index (κ2) is 12.5. The number of rotatable bonds is 11. The molecule has 106 valence electrons. The van der Waals surface area contributed by atoms with Crippen molar-refractivity contribution in [1.29, 1.82) is 0 Å². The molecule has 0 aromatic rings. The Morgan fingerprint density at radius 2 is 1.44 bits per heavy atom. The lowest BCUT2D eigenvalue weighted by atomic mass is 10.3. The predicted octanol–water partition coefficient (Wildman–Crippen LogP) is 1.57. The first-order valence-electron chi connectivity index (χ1n) is 6.25. The van der Waals surface area contributed by atoms with Gasteiger partial charge in [-0.3, -0.25) is 0 Å². The molecular weight excluding hydrogens is 236 g/mol. The Kier molecular flexibility index (Phi) is 11.9. The first-order valence-corrected chi connectivity index (χ1v) is 6.25. The SMILES string of the molecule is CC=C(C)C(=O)OCCOCCOCCOCC. The molecule has 0 saturated heterocycles. The number of carbonyl (C=O) groups is 1. The van der Waals surface area contributed by atoms with E-state index in [-0.39, 0.29) is 12.6 Å². The van der Waals surface area contributed by atoms with Gasteiger partial charge in [0.2, 0.25) is 0 Å². The zero-order valence-electron chi connectivity index (χ0n) is 11.6. The molecule has 0 aromatic carbocycles. The maximum Gasteiger partial charge on any atom is 0.333 e. The summed E-state index contributed by atoms with van der Waals surface area (Å²) in [4.78, 5) is 11.2. The van der Waals surface area contributed by atoms with Crippen LogP contribution in [0, 0.1) is 0 Å². The summed E-state index contributed by atoms with van der Waals surface area (Å²) in [6.07, 6.45) is 1.72. The summed E-state index contributed by atoms with van der Waals surface area (Å²) >= 11 is 0. The van der Waals surface area contributed by atoms with Gasteiger partial charge < -0.3 is 18.9 Å². The second-order valence-corrected chi connectivity index (χ2v) is 3.53. The fraction of sp³-hybridized carbons (Fsp3) is 0.769. The van der Waals surface area contributed by atoms with Crippen molar-refractivity contribution < 1.29 is 23.7 Å². The Labute approximate surface area is 109 Å². The third kappa shape index (κ3) is 10.3. The summed E-state index contributed by atoms with van der Waals surface area (Å²) in [7, 11) is 0. The molecule has 0 fully saturated rings. The highest BCUT2D eigenvalue weighted by atomic mass is 16.6. The van der Waals surface area contributed by atoms with Gasteiger partial charge in [-0.1, -0.05) is 6.08 Å². The number of esters is 1. The van der Waals surface area contributed by atoms with Crippen LogP contribution in [0.2, 0.25) is 0 Å². The monoisotopic (exact) mass is 260 g/mol. The number of ether oxygens (including phenoxy) is 4. The topological polar surface area (TPSA) is 54.0 Å². The van der Waals surface area contributed by atoms with E-state index in [1.54, 1.807) is 19.9 Å². The summed E-state index contributed by atoms with van der Waals surface area (Å²) in [6, 6.07) is 0. The summed E-state index contributed by atoms with van der Waals surface area (Å²) in [5.41, 5.74) is 0.606. The van der Waals surface area contributed by atoms with E-state index in [0.717, 1.165) is 0 Å². The van der Waals surface area contributed by atoms with Crippen LogP contribution in [0.15, 0.2) is 11.6 Å². The lowest BCUT2D eigenvalue weighted by molar-refractivity contribution is -0.140. The molecule has 0 spiro atoms. The highest BCUT2D eigenvalue weighted by Crippen LogP contribution is 1.95. The van der Waals surface area contributed by atoms with Crippen molar-refractivity contribution >= 4 is 5.97 Å². The molecule has 0 aromatic heterocycles. The molecule has 18 heavy (non-hydrogen) atoms. The average Bonchev–Trinajstić information content (AvgIpc) is 2.39. The van der Waals surface area contributed by atoms with Crippen molar-refractivity contribution in [2.24, 2.45) is 0 Å². The van der Waals surface area contributed by atoms with Crippen LogP contribution < -0.4 is 0 Å². The minimum atomic E-state index is -0.297. The molecule has 0 amide bonds. The number of carbonyl (C=O) groups excluding carboxylic acids is 1. The Morgan fingerprint density at radius 3 is 1.94 bits per heavy atom. The Bertz CT molecular complexity index is 238. The molecule has 0 aliphatic carbocycles. The van der Waals surface area contributed by atoms with Gasteiger partial charge in [-0.05, 0) is 20.8 Å². The van der Waals surface area contributed by atoms with Crippen LogP contribution in [0.5, 0.6) is 0 Å². The molecule has 0 aliphatic heterocycles. The molecular formula is C13H24O5. The Hall–Kier alpha value is -0.910. The van der Waals surface area contributed by atoms with Gasteiger partial charge in [-0.25, -0.2) is 4.79 Å². The van der Waals surface area contributed by atoms with Crippen LogP contribution in [0.4, 0.5) is 0 Å². The first-order chi connectivity index (χ1) is 8.72. The molecule has 0 rings (SSSR count). The number of hydrogen-bond donors (Lipinski definition) is 0. The minimum absolute atomic E-state index is 0.267. The largest absolute Gasteiger partial charge is 0.460 e. The molecule has 0 aliphatic rings. The average molecular weight is 260 g/mol. The van der Waals surface area contributed by atoms with Crippen LogP contribution in [0.3, 0.4) is 0 Å². The van der Waals surface area contributed by atoms with E-state index in [2.05, 4.69) is 0 Å². The highest BCUT2D eigenvalue weighted by molar-refractivity contribution is 5.87. The van der Waals surface area contributed by atoms with Gasteiger partial charge >= 0.3 is 5.97 Å². The molecule has 0 saturated carbocycles. The van der Waals surface area contributed by atoms with Crippen LogP contribution in [0.25, 0.3) is 0 Å². The van der Waals surface area contributed by atoms with Gasteiger partial charge in [0.1, 0.15) is 6.61 Å². The quantitative estimate of drug-likeness (QED) is 0.320. The third-order valence-electron chi connectivity index (χ3n) is 2.16. The smallest absolute Gasteiger partial charge is 0.333 e. The Morgan fingerprint density at radius 1 is 0.944 bits per heavy atom. The summed E-state index contributed by atoms with van der Waals surface area (Å²) in [5, 5.41) is 0. The normalized spacial score (nSPS) is 11.6. The van der Waals surface area contributed by atoms with E-state index >= 15 is 0 Å². The highest BCUT2D eigenvalue weighted by Gasteiger charge is 2.03. The molecule has 0 N–H and O–H groups in total. The van der Waals surface area contributed by atoms with E-state index in [9.17, 15) is 4.79 Å². The molecule has 5 nitrogen and oxygen atoms in total. The fourth-order valence-electron chi connectivity index (χ4n) is 1.01. The van der Waals surface area contributed by atoms with Crippen molar-refractivity contribution in [3.8, 4) is 0 Å². The van der Waals surface area contributed by atoms with Crippen LogP contribution in [-0.4, -0.2) is 52.2 Å². The number of hydrogen-bond acceptors (Lipinski definition) is 5.